The van der Waals surface area contributed by atoms with Crippen molar-refractivity contribution >= 4 is 33.2 Å². The minimum Gasteiger partial charge on any atom is -0.364 e. The minimum atomic E-state index is -0.477. The van der Waals surface area contributed by atoms with E-state index in [4.69, 9.17) is 19.6 Å². The van der Waals surface area contributed by atoms with Crippen LogP contribution < -0.4 is 10.2 Å². The lowest BCUT2D eigenvalue weighted by atomic mass is 10.0. The molecule has 1 N–H and O–H groups in total. The lowest BCUT2D eigenvalue weighted by Crippen LogP contribution is -2.49. The maximum Gasteiger partial charge on any atom is 0.242 e. The average molecular weight is 499 g/mol. The van der Waals surface area contributed by atoms with Gasteiger partial charge in [-0.25, -0.2) is 4.98 Å². The van der Waals surface area contributed by atoms with Gasteiger partial charge in [-0.15, -0.1) is 5.10 Å². The zero-order chi connectivity index (χ0) is 24.8. The van der Waals surface area contributed by atoms with E-state index in [0.717, 1.165) is 40.0 Å². The van der Waals surface area contributed by atoms with Gasteiger partial charge < -0.3 is 24.6 Å². The van der Waals surface area contributed by atoms with Crippen molar-refractivity contribution in [2.75, 3.05) is 50.1 Å². The van der Waals surface area contributed by atoms with Crippen LogP contribution in [0.2, 0.25) is 0 Å². The van der Waals surface area contributed by atoms with Crippen molar-refractivity contribution < 1.29 is 14.3 Å². The number of imidazole rings is 1. The van der Waals surface area contributed by atoms with Crippen LogP contribution in [0.3, 0.4) is 0 Å². The summed E-state index contributed by atoms with van der Waals surface area (Å²) in [6.45, 7) is 11.3. The van der Waals surface area contributed by atoms with Crippen molar-refractivity contribution in [3.05, 3.63) is 29.8 Å². The first-order chi connectivity index (χ1) is 16.6. The van der Waals surface area contributed by atoms with Gasteiger partial charge in [-0.2, -0.15) is 4.52 Å². The summed E-state index contributed by atoms with van der Waals surface area (Å²) in [5.74, 6) is 0.465. The highest BCUT2D eigenvalue weighted by Crippen LogP contribution is 2.35. The summed E-state index contributed by atoms with van der Waals surface area (Å²) >= 11 is 1.48. The van der Waals surface area contributed by atoms with Gasteiger partial charge in [0.1, 0.15) is 5.69 Å². The molecule has 1 amide bonds. The summed E-state index contributed by atoms with van der Waals surface area (Å²) in [6, 6.07) is 8.36. The molecule has 2 saturated heterocycles. The number of nitrogens with zero attached hydrogens (tertiary/aromatic N) is 5. The number of hydrogen-bond acceptors (Lipinski definition) is 8. The number of carbonyl (C=O) groups is 1. The zero-order valence-electron chi connectivity index (χ0n) is 21.1. The van der Waals surface area contributed by atoms with E-state index in [0.29, 0.717) is 26.3 Å². The molecule has 0 radical (unpaired) electrons. The Labute approximate surface area is 210 Å². The number of rotatable bonds is 5. The molecule has 0 aliphatic carbocycles. The molecule has 9 nitrogen and oxygen atoms in total. The predicted molar refractivity (Wildman–Crippen MR) is 138 cm³/mol. The van der Waals surface area contributed by atoms with E-state index < -0.39 is 5.79 Å². The van der Waals surface area contributed by atoms with Crippen LogP contribution >= 0.6 is 11.3 Å². The molecule has 0 saturated carbocycles. The standard InChI is InChI=1S/C25H34N6O3S/c1-17-6-8-18(9-7-17)20-21(27-24(2,3)4)31-22(26-20)35-23(28-31)29(5)16-19(32)30-12-10-25(11-13-30)33-14-15-34-25/h6-9,27H,10-16H2,1-5H3. The maximum atomic E-state index is 13.0. The summed E-state index contributed by atoms with van der Waals surface area (Å²) in [5, 5.41) is 9.18. The highest BCUT2D eigenvalue weighted by molar-refractivity contribution is 7.20. The summed E-state index contributed by atoms with van der Waals surface area (Å²) in [5.41, 5.74) is 2.96. The number of piperidine rings is 1. The van der Waals surface area contributed by atoms with Crippen molar-refractivity contribution in [3.8, 4) is 11.3 Å². The molecule has 3 aromatic rings. The SMILES string of the molecule is Cc1ccc(-c2nc3sc(N(C)CC(=O)N4CCC5(CC4)OCCO5)nn3c2NC(C)(C)C)cc1. The third kappa shape index (κ3) is 5.00. The molecular formula is C25H34N6O3S. The fourth-order valence-electron chi connectivity index (χ4n) is 4.53. The van der Waals surface area contributed by atoms with Gasteiger partial charge in [0.25, 0.3) is 0 Å². The molecule has 35 heavy (non-hydrogen) atoms. The van der Waals surface area contributed by atoms with Crippen molar-refractivity contribution in [3.63, 3.8) is 0 Å². The van der Waals surface area contributed by atoms with Crippen LogP contribution in [0.5, 0.6) is 0 Å². The van der Waals surface area contributed by atoms with E-state index in [9.17, 15) is 4.79 Å². The molecule has 1 aromatic carbocycles. The molecular weight excluding hydrogens is 464 g/mol. The van der Waals surface area contributed by atoms with Gasteiger partial charge in [0.2, 0.25) is 16.0 Å². The molecule has 0 bridgehead atoms. The highest BCUT2D eigenvalue weighted by atomic mass is 32.1. The summed E-state index contributed by atoms with van der Waals surface area (Å²) in [6.07, 6.45) is 1.44. The van der Waals surface area contributed by atoms with Crippen molar-refractivity contribution in [2.24, 2.45) is 0 Å². The monoisotopic (exact) mass is 498 g/mol. The number of likely N-dealkylation sites (tertiary alicyclic amines) is 1. The molecule has 188 valence electrons. The smallest absolute Gasteiger partial charge is 0.242 e. The van der Waals surface area contributed by atoms with Gasteiger partial charge >= 0.3 is 0 Å². The zero-order valence-corrected chi connectivity index (χ0v) is 21.9. The normalized spacial score (nSPS) is 17.9. The van der Waals surface area contributed by atoms with Crippen LogP contribution in [0.25, 0.3) is 16.2 Å². The van der Waals surface area contributed by atoms with Crippen LogP contribution in [0.15, 0.2) is 24.3 Å². The number of fused-ring (bicyclic) bond motifs is 1. The average Bonchev–Trinajstić information content (AvgIpc) is 3.51. The van der Waals surface area contributed by atoms with Crippen molar-refractivity contribution in [1.82, 2.24) is 19.5 Å². The number of hydrogen-bond donors (Lipinski definition) is 1. The second-order valence-electron chi connectivity index (χ2n) is 10.5. The number of aryl methyl sites for hydroxylation is 1. The number of carbonyl (C=O) groups excluding carboxylic acids is 1. The van der Waals surface area contributed by atoms with E-state index in [2.05, 4.69) is 57.3 Å². The Morgan fingerprint density at radius 2 is 1.83 bits per heavy atom. The number of aromatic nitrogens is 3. The number of nitrogens with one attached hydrogen (secondary N) is 1. The number of amides is 1. The molecule has 10 heteroatoms. The third-order valence-electron chi connectivity index (χ3n) is 6.40. The predicted octanol–water partition coefficient (Wildman–Crippen LogP) is 3.78. The topological polar surface area (TPSA) is 84.2 Å². The van der Waals surface area contributed by atoms with Crippen LogP contribution in [-0.4, -0.2) is 76.6 Å². The second kappa shape index (κ2) is 9.07. The molecule has 5 rings (SSSR count). The van der Waals surface area contributed by atoms with Crippen LogP contribution in [0.1, 0.15) is 39.2 Å². The molecule has 2 fully saturated rings. The Bertz CT molecular complexity index is 1200. The first kappa shape index (κ1) is 24.0. The van der Waals surface area contributed by atoms with Gasteiger partial charge in [-0.05, 0) is 27.7 Å². The quantitative estimate of drug-likeness (QED) is 0.573. The van der Waals surface area contributed by atoms with Gasteiger partial charge in [-0.3, -0.25) is 4.79 Å². The van der Waals surface area contributed by atoms with E-state index in [1.165, 1.54) is 16.9 Å². The van der Waals surface area contributed by atoms with Gasteiger partial charge in [0, 0.05) is 44.1 Å². The Morgan fingerprint density at radius 1 is 1.17 bits per heavy atom. The fourth-order valence-corrected chi connectivity index (χ4v) is 5.39. The second-order valence-corrected chi connectivity index (χ2v) is 11.4. The molecule has 1 spiro atoms. The molecule has 2 aliphatic rings. The largest absolute Gasteiger partial charge is 0.364 e. The summed E-state index contributed by atoms with van der Waals surface area (Å²) in [7, 11) is 1.91. The van der Waals surface area contributed by atoms with E-state index in [1.54, 1.807) is 0 Å². The first-order valence-corrected chi connectivity index (χ1v) is 13.0. The molecule has 0 unspecified atom stereocenters. The molecule has 4 heterocycles. The highest BCUT2D eigenvalue weighted by Gasteiger charge is 2.40. The molecule has 2 aromatic heterocycles. The minimum absolute atomic E-state index is 0.0848. The Kier molecular flexibility index (Phi) is 6.23. The summed E-state index contributed by atoms with van der Waals surface area (Å²) < 4.78 is 13.4. The molecule has 2 aliphatic heterocycles. The van der Waals surface area contributed by atoms with Crippen molar-refractivity contribution in [2.45, 2.75) is 51.9 Å². The number of benzene rings is 1. The number of likely N-dealkylation sites (N-methyl/N-ethyl adjacent to an activating group) is 1. The Balaban J connectivity index is 1.34. The summed E-state index contributed by atoms with van der Waals surface area (Å²) in [4.78, 5) is 22.5. The van der Waals surface area contributed by atoms with Crippen LogP contribution in [0, 0.1) is 6.92 Å². The van der Waals surface area contributed by atoms with E-state index in [-0.39, 0.29) is 18.0 Å². The van der Waals surface area contributed by atoms with Crippen LogP contribution in [0.4, 0.5) is 10.9 Å². The fraction of sp³-hybridized carbons (Fsp3) is 0.560. The van der Waals surface area contributed by atoms with Gasteiger partial charge in [0.05, 0.1) is 19.8 Å². The van der Waals surface area contributed by atoms with Gasteiger partial charge in [-0.1, -0.05) is 41.2 Å². The number of anilines is 2. The third-order valence-corrected chi connectivity index (χ3v) is 7.42. The van der Waals surface area contributed by atoms with E-state index >= 15 is 0 Å². The number of ether oxygens (including phenoxy) is 2. The first-order valence-electron chi connectivity index (χ1n) is 12.1. The Morgan fingerprint density at radius 3 is 2.46 bits per heavy atom. The molecule has 0 atom stereocenters. The Hall–Kier alpha value is -2.69. The maximum absolute atomic E-state index is 13.0. The van der Waals surface area contributed by atoms with Crippen LogP contribution in [-0.2, 0) is 14.3 Å². The lowest BCUT2D eigenvalue weighted by Gasteiger charge is -2.38. The van der Waals surface area contributed by atoms with E-state index in [1.807, 2.05) is 21.4 Å². The van der Waals surface area contributed by atoms with Crippen molar-refractivity contribution in [1.29, 1.82) is 0 Å². The van der Waals surface area contributed by atoms with Gasteiger partial charge in [0.15, 0.2) is 11.6 Å². The lowest BCUT2D eigenvalue weighted by molar-refractivity contribution is -0.187.